The Hall–Kier alpha value is -3.08. The third-order valence-corrected chi connectivity index (χ3v) is 4.82. The van der Waals surface area contributed by atoms with Gasteiger partial charge in [-0.05, 0) is 37.1 Å². The van der Waals surface area contributed by atoms with Crippen molar-refractivity contribution in [3.63, 3.8) is 0 Å². The molecule has 26 heavy (non-hydrogen) atoms. The van der Waals surface area contributed by atoms with Crippen molar-refractivity contribution in [1.82, 2.24) is 9.78 Å². The highest BCUT2D eigenvalue weighted by Crippen LogP contribution is 2.30. The number of rotatable bonds is 5. The van der Waals surface area contributed by atoms with Crippen molar-refractivity contribution in [1.29, 1.82) is 0 Å². The van der Waals surface area contributed by atoms with Gasteiger partial charge in [0.15, 0.2) is 0 Å². The summed E-state index contributed by atoms with van der Waals surface area (Å²) in [6, 6.07) is 19.5. The van der Waals surface area contributed by atoms with Gasteiger partial charge in [-0.2, -0.15) is 5.10 Å². The first-order valence-electron chi connectivity index (χ1n) is 8.85. The van der Waals surface area contributed by atoms with Gasteiger partial charge in [0.05, 0.1) is 18.5 Å². The highest BCUT2D eigenvalue weighted by molar-refractivity contribution is 5.93. The smallest absolute Gasteiger partial charge is 0.228 e. The summed E-state index contributed by atoms with van der Waals surface area (Å²) in [7, 11) is 1.64. The summed E-state index contributed by atoms with van der Waals surface area (Å²) >= 11 is 0. The standard InChI is InChI=1S/C21H21N3O2/c1-26-18-12-10-17(11-13-18)24-20(22-21(25)16-8-5-9-16)14-19(23-24)15-6-3-2-4-7-15/h2-4,6-7,10-14,16H,5,8-9H2,1H3,(H,22,25). The number of carbonyl (C=O) groups is 1. The van der Waals surface area contributed by atoms with E-state index in [1.54, 1.807) is 11.8 Å². The van der Waals surface area contributed by atoms with Gasteiger partial charge in [0.25, 0.3) is 0 Å². The van der Waals surface area contributed by atoms with E-state index in [1.165, 1.54) is 0 Å². The van der Waals surface area contributed by atoms with Crippen molar-refractivity contribution >= 4 is 11.7 Å². The van der Waals surface area contributed by atoms with Crippen LogP contribution in [0.2, 0.25) is 0 Å². The lowest BCUT2D eigenvalue weighted by molar-refractivity contribution is -0.122. The van der Waals surface area contributed by atoms with Crippen LogP contribution in [0, 0.1) is 5.92 Å². The van der Waals surface area contributed by atoms with E-state index in [4.69, 9.17) is 9.84 Å². The zero-order valence-electron chi connectivity index (χ0n) is 14.7. The molecule has 1 heterocycles. The SMILES string of the molecule is COc1ccc(-n2nc(-c3ccccc3)cc2NC(=O)C2CCC2)cc1. The molecule has 1 saturated carbocycles. The lowest BCUT2D eigenvalue weighted by Gasteiger charge is -2.24. The van der Waals surface area contributed by atoms with Crippen LogP contribution in [-0.4, -0.2) is 22.8 Å². The molecule has 1 fully saturated rings. The van der Waals surface area contributed by atoms with Gasteiger partial charge in [0.1, 0.15) is 11.6 Å². The Morgan fingerprint density at radius 2 is 1.85 bits per heavy atom. The molecule has 5 nitrogen and oxygen atoms in total. The maximum absolute atomic E-state index is 12.5. The quantitative estimate of drug-likeness (QED) is 0.749. The van der Waals surface area contributed by atoms with Gasteiger partial charge in [0, 0.05) is 17.5 Å². The molecule has 0 atom stereocenters. The van der Waals surface area contributed by atoms with E-state index in [1.807, 2.05) is 60.7 Å². The predicted octanol–water partition coefficient (Wildman–Crippen LogP) is 4.29. The zero-order chi connectivity index (χ0) is 17.9. The third kappa shape index (κ3) is 3.20. The molecule has 1 amide bonds. The molecule has 0 radical (unpaired) electrons. The fraction of sp³-hybridized carbons (Fsp3) is 0.238. The Morgan fingerprint density at radius 1 is 1.12 bits per heavy atom. The van der Waals surface area contributed by atoms with Crippen LogP contribution in [0.5, 0.6) is 5.75 Å². The van der Waals surface area contributed by atoms with Crippen molar-refractivity contribution < 1.29 is 9.53 Å². The molecule has 0 spiro atoms. The predicted molar refractivity (Wildman–Crippen MR) is 102 cm³/mol. The Bertz CT molecular complexity index is 897. The molecule has 5 heteroatoms. The number of hydrogen-bond donors (Lipinski definition) is 1. The first kappa shape index (κ1) is 16.4. The molecular formula is C21H21N3O2. The monoisotopic (exact) mass is 347 g/mol. The molecule has 1 N–H and O–H groups in total. The number of amides is 1. The number of carbonyl (C=O) groups excluding carboxylic acids is 1. The van der Waals surface area contributed by atoms with E-state index in [-0.39, 0.29) is 11.8 Å². The summed E-state index contributed by atoms with van der Waals surface area (Å²) in [6.07, 6.45) is 3.06. The number of nitrogens with one attached hydrogen (secondary N) is 1. The maximum Gasteiger partial charge on any atom is 0.228 e. The molecule has 4 rings (SSSR count). The van der Waals surface area contributed by atoms with Crippen LogP contribution in [0.15, 0.2) is 60.7 Å². The van der Waals surface area contributed by atoms with E-state index < -0.39 is 0 Å². The number of benzene rings is 2. The van der Waals surface area contributed by atoms with E-state index in [9.17, 15) is 4.79 Å². The number of anilines is 1. The molecule has 0 saturated heterocycles. The molecule has 0 bridgehead atoms. The van der Waals surface area contributed by atoms with Crippen molar-refractivity contribution in [3.8, 4) is 22.7 Å². The maximum atomic E-state index is 12.5. The van der Waals surface area contributed by atoms with Crippen LogP contribution in [0.25, 0.3) is 16.9 Å². The van der Waals surface area contributed by atoms with Gasteiger partial charge in [-0.25, -0.2) is 4.68 Å². The molecule has 132 valence electrons. The Morgan fingerprint density at radius 3 is 2.46 bits per heavy atom. The topological polar surface area (TPSA) is 56.1 Å². The summed E-state index contributed by atoms with van der Waals surface area (Å²) < 4.78 is 7.00. The molecular weight excluding hydrogens is 326 g/mol. The molecule has 3 aromatic rings. The number of ether oxygens (including phenoxy) is 1. The highest BCUT2D eigenvalue weighted by Gasteiger charge is 2.26. The van der Waals surface area contributed by atoms with E-state index in [2.05, 4.69) is 5.32 Å². The molecule has 2 aromatic carbocycles. The highest BCUT2D eigenvalue weighted by atomic mass is 16.5. The largest absolute Gasteiger partial charge is 0.497 e. The minimum Gasteiger partial charge on any atom is -0.497 e. The van der Waals surface area contributed by atoms with Crippen molar-refractivity contribution in [2.24, 2.45) is 5.92 Å². The summed E-state index contributed by atoms with van der Waals surface area (Å²) in [6.45, 7) is 0. The second-order valence-electron chi connectivity index (χ2n) is 6.51. The number of nitrogens with zero attached hydrogens (tertiary/aromatic N) is 2. The fourth-order valence-corrected chi connectivity index (χ4v) is 3.04. The van der Waals surface area contributed by atoms with Gasteiger partial charge < -0.3 is 10.1 Å². The van der Waals surface area contributed by atoms with Crippen LogP contribution < -0.4 is 10.1 Å². The van der Waals surface area contributed by atoms with Crippen LogP contribution in [-0.2, 0) is 4.79 Å². The Labute approximate surface area is 152 Å². The van der Waals surface area contributed by atoms with Gasteiger partial charge >= 0.3 is 0 Å². The van der Waals surface area contributed by atoms with Crippen LogP contribution in [0.4, 0.5) is 5.82 Å². The fourth-order valence-electron chi connectivity index (χ4n) is 3.04. The molecule has 1 aliphatic rings. The number of aromatic nitrogens is 2. The van der Waals surface area contributed by atoms with Gasteiger partial charge in [-0.3, -0.25) is 4.79 Å². The van der Waals surface area contributed by atoms with E-state index in [0.717, 1.165) is 42.0 Å². The summed E-state index contributed by atoms with van der Waals surface area (Å²) in [4.78, 5) is 12.5. The first-order valence-corrected chi connectivity index (χ1v) is 8.85. The molecule has 0 aliphatic heterocycles. The van der Waals surface area contributed by atoms with E-state index >= 15 is 0 Å². The van der Waals surface area contributed by atoms with Gasteiger partial charge in [-0.1, -0.05) is 36.8 Å². The second-order valence-corrected chi connectivity index (χ2v) is 6.51. The van der Waals surface area contributed by atoms with Crippen molar-refractivity contribution in [3.05, 3.63) is 60.7 Å². The van der Waals surface area contributed by atoms with Crippen molar-refractivity contribution in [2.75, 3.05) is 12.4 Å². The zero-order valence-corrected chi connectivity index (χ0v) is 14.7. The van der Waals surface area contributed by atoms with Gasteiger partial charge in [-0.15, -0.1) is 0 Å². The molecule has 0 unspecified atom stereocenters. The van der Waals surface area contributed by atoms with Crippen LogP contribution in [0.3, 0.4) is 0 Å². The van der Waals surface area contributed by atoms with Gasteiger partial charge in [0.2, 0.25) is 5.91 Å². The average molecular weight is 347 g/mol. The molecule has 1 aromatic heterocycles. The summed E-state index contributed by atoms with van der Waals surface area (Å²) in [5.74, 6) is 1.66. The minimum atomic E-state index is 0.0746. The third-order valence-electron chi connectivity index (χ3n) is 4.82. The van der Waals surface area contributed by atoms with Crippen LogP contribution in [0.1, 0.15) is 19.3 Å². The number of hydrogen-bond acceptors (Lipinski definition) is 3. The molecule has 1 aliphatic carbocycles. The Balaban J connectivity index is 1.71. The van der Waals surface area contributed by atoms with Crippen molar-refractivity contribution in [2.45, 2.75) is 19.3 Å². The minimum absolute atomic E-state index is 0.0746. The normalized spacial score (nSPS) is 13.9. The summed E-state index contributed by atoms with van der Waals surface area (Å²) in [5.41, 5.74) is 2.71. The average Bonchev–Trinajstić information content (AvgIpc) is 3.05. The Kier molecular flexibility index (Phi) is 4.44. The van der Waals surface area contributed by atoms with Crippen LogP contribution >= 0.6 is 0 Å². The first-order chi connectivity index (χ1) is 12.7. The van der Waals surface area contributed by atoms with E-state index in [0.29, 0.717) is 5.82 Å². The lowest BCUT2D eigenvalue weighted by atomic mass is 9.85. The lowest BCUT2D eigenvalue weighted by Crippen LogP contribution is -2.28. The number of methoxy groups -OCH3 is 1. The summed E-state index contributed by atoms with van der Waals surface area (Å²) in [5, 5.41) is 7.78. The second kappa shape index (κ2) is 7.04.